The van der Waals surface area contributed by atoms with E-state index in [1.807, 2.05) is 42.2 Å². The third-order valence-corrected chi connectivity index (χ3v) is 4.40. The van der Waals surface area contributed by atoms with Crippen molar-refractivity contribution in [1.82, 2.24) is 4.90 Å². The molecule has 3 N–H and O–H groups in total. The van der Waals surface area contributed by atoms with Gasteiger partial charge in [-0.05, 0) is 12.5 Å². The van der Waals surface area contributed by atoms with Crippen LogP contribution in [0.25, 0.3) is 0 Å². The second-order valence-electron chi connectivity index (χ2n) is 4.08. The van der Waals surface area contributed by atoms with Crippen molar-refractivity contribution in [3.63, 3.8) is 0 Å². The Hall–Kier alpha value is -1.46. The number of hydrogen-bond donors (Lipinski definition) is 2. The van der Waals surface area contributed by atoms with E-state index >= 15 is 0 Å². The Morgan fingerprint density at radius 3 is 2.67 bits per heavy atom. The number of rotatable bonds is 4. The number of allylic oxidation sites excluding steroid dienone is 1. The second-order valence-corrected chi connectivity index (χ2v) is 5.17. The lowest BCUT2D eigenvalue weighted by Crippen LogP contribution is -2.25. The molecule has 4 nitrogen and oxygen atoms in total. The minimum Gasteiger partial charge on any atom is -0.395 e. The molecular formula is C13H16N2O2S. The van der Waals surface area contributed by atoms with Crippen LogP contribution < -0.4 is 5.73 Å². The molecule has 96 valence electrons. The number of nitrogens with zero attached hydrogens (tertiary/aromatic N) is 1. The monoisotopic (exact) mass is 264 g/mol. The van der Waals surface area contributed by atoms with Crippen LogP contribution in [-0.4, -0.2) is 29.1 Å². The number of amides is 1. The summed E-state index contributed by atoms with van der Waals surface area (Å²) in [6.45, 7) is 2.41. The summed E-state index contributed by atoms with van der Waals surface area (Å²) in [4.78, 5) is 14.0. The Kier molecular flexibility index (Phi) is 3.93. The largest absolute Gasteiger partial charge is 0.395 e. The minimum absolute atomic E-state index is 0.0147. The molecule has 1 atom stereocenters. The number of carbonyl (C=O) groups is 1. The van der Waals surface area contributed by atoms with Crippen LogP contribution >= 0.6 is 11.8 Å². The first kappa shape index (κ1) is 13.0. The van der Waals surface area contributed by atoms with Gasteiger partial charge in [0.05, 0.1) is 11.5 Å². The van der Waals surface area contributed by atoms with Crippen molar-refractivity contribution in [3.8, 4) is 0 Å². The van der Waals surface area contributed by atoms with Gasteiger partial charge >= 0.3 is 0 Å². The summed E-state index contributed by atoms with van der Waals surface area (Å²) >= 11 is 1.45. The number of aliphatic hydroxyl groups excluding tert-OH is 1. The van der Waals surface area contributed by atoms with Crippen molar-refractivity contribution in [1.29, 1.82) is 0 Å². The summed E-state index contributed by atoms with van der Waals surface area (Å²) in [6.07, 6.45) is 0. The highest BCUT2D eigenvalue weighted by Crippen LogP contribution is 2.46. The molecule has 1 aliphatic heterocycles. The zero-order chi connectivity index (χ0) is 13.1. The first-order chi connectivity index (χ1) is 8.65. The molecule has 0 radical (unpaired) electrons. The van der Waals surface area contributed by atoms with Gasteiger partial charge in [0.25, 0.3) is 5.91 Å². The maximum atomic E-state index is 11.4. The smallest absolute Gasteiger partial charge is 0.256 e. The van der Waals surface area contributed by atoms with Gasteiger partial charge in [0, 0.05) is 12.2 Å². The van der Waals surface area contributed by atoms with E-state index in [0.717, 1.165) is 11.3 Å². The number of thioether (sulfide) groups is 1. The topological polar surface area (TPSA) is 66.6 Å². The van der Waals surface area contributed by atoms with Gasteiger partial charge < -0.3 is 15.7 Å². The number of β-amino-alcohol motifs (C(OH)–C–C–N with tert-alkyl or cyclic N) is 1. The molecule has 0 aromatic heterocycles. The fourth-order valence-electron chi connectivity index (χ4n) is 2.06. The van der Waals surface area contributed by atoms with Gasteiger partial charge in [0.15, 0.2) is 0 Å². The van der Waals surface area contributed by atoms with Gasteiger partial charge in [0.1, 0.15) is 5.37 Å². The molecule has 1 aliphatic rings. The molecule has 0 fully saturated rings. The summed E-state index contributed by atoms with van der Waals surface area (Å²) in [5.41, 5.74) is 7.33. The normalized spacial score (nSPS) is 19.4. The lowest BCUT2D eigenvalue weighted by atomic mass is 10.2. The van der Waals surface area contributed by atoms with Crippen molar-refractivity contribution >= 4 is 17.7 Å². The zero-order valence-corrected chi connectivity index (χ0v) is 11.0. The number of nitrogens with two attached hydrogens (primary N) is 1. The Labute approximate surface area is 110 Å². The second kappa shape index (κ2) is 5.46. The summed E-state index contributed by atoms with van der Waals surface area (Å²) in [6, 6.07) is 9.91. The maximum absolute atomic E-state index is 11.4. The lowest BCUT2D eigenvalue weighted by molar-refractivity contribution is -0.114. The molecule has 0 saturated heterocycles. The number of primary amides is 1. The minimum atomic E-state index is -0.404. The van der Waals surface area contributed by atoms with E-state index < -0.39 is 5.91 Å². The molecule has 0 bridgehead atoms. The summed E-state index contributed by atoms with van der Waals surface area (Å²) < 4.78 is 0. The van der Waals surface area contributed by atoms with E-state index in [9.17, 15) is 4.79 Å². The van der Waals surface area contributed by atoms with Crippen molar-refractivity contribution in [2.24, 2.45) is 5.73 Å². The third kappa shape index (κ3) is 2.37. The highest BCUT2D eigenvalue weighted by molar-refractivity contribution is 8.04. The number of hydrogen-bond acceptors (Lipinski definition) is 4. The number of carbonyl (C=O) groups excluding carboxylic acids is 1. The van der Waals surface area contributed by atoms with Crippen molar-refractivity contribution in [2.75, 3.05) is 13.2 Å². The highest BCUT2D eigenvalue weighted by atomic mass is 32.2. The zero-order valence-electron chi connectivity index (χ0n) is 10.2. The van der Waals surface area contributed by atoms with Crippen LogP contribution in [-0.2, 0) is 4.79 Å². The van der Waals surface area contributed by atoms with Gasteiger partial charge in [-0.15, -0.1) is 0 Å². The molecule has 1 aromatic carbocycles. The first-order valence-electron chi connectivity index (χ1n) is 5.75. The van der Waals surface area contributed by atoms with Gasteiger partial charge in [-0.2, -0.15) is 0 Å². The summed E-state index contributed by atoms with van der Waals surface area (Å²) in [7, 11) is 0. The average molecular weight is 264 g/mol. The molecule has 0 spiro atoms. The van der Waals surface area contributed by atoms with E-state index in [4.69, 9.17) is 10.8 Å². The van der Waals surface area contributed by atoms with Crippen LogP contribution in [0.2, 0.25) is 0 Å². The summed E-state index contributed by atoms with van der Waals surface area (Å²) in [5, 5.41) is 9.16. The Balaban J connectivity index is 2.31. The molecule has 1 amide bonds. The van der Waals surface area contributed by atoms with E-state index in [-0.39, 0.29) is 12.0 Å². The Morgan fingerprint density at radius 2 is 2.11 bits per heavy atom. The molecule has 1 unspecified atom stereocenters. The van der Waals surface area contributed by atoms with Crippen LogP contribution in [0.15, 0.2) is 40.9 Å². The number of aliphatic hydroxyl groups is 1. The van der Waals surface area contributed by atoms with Gasteiger partial charge in [-0.3, -0.25) is 4.79 Å². The Bertz CT molecular complexity index is 473. The van der Waals surface area contributed by atoms with E-state index in [2.05, 4.69) is 0 Å². The first-order valence-corrected chi connectivity index (χ1v) is 6.63. The van der Waals surface area contributed by atoms with Crippen molar-refractivity contribution < 1.29 is 9.90 Å². The van der Waals surface area contributed by atoms with Crippen molar-refractivity contribution in [3.05, 3.63) is 46.5 Å². The van der Waals surface area contributed by atoms with E-state index in [1.54, 1.807) is 0 Å². The molecule has 1 aromatic rings. The standard InChI is InChI=1S/C13H16N2O2S/c1-9-11(12(14)17)18-13(15(9)7-8-16)10-5-3-2-4-6-10/h2-6,13,16H,7-8H2,1H3,(H2,14,17). The quantitative estimate of drug-likeness (QED) is 0.863. The van der Waals surface area contributed by atoms with E-state index in [1.165, 1.54) is 11.8 Å². The predicted molar refractivity (Wildman–Crippen MR) is 72.5 cm³/mol. The van der Waals surface area contributed by atoms with E-state index in [0.29, 0.717) is 11.4 Å². The number of benzene rings is 1. The molecule has 5 heteroatoms. The SMILES string of the molecule is CC1=C(C(N)=O)SC(c2ccccc2)N1CCO. The fourth-order valence-corrected chi connectivity index (χ4v) is 3.37. The lowest BCUT2D eigenvalue weighted by Gasteiger charge is -2.27. The van der Waals surface area contributed by atoms with Gasteiger partial charge in [-0.1, -0.05) is 42.1 Å². The van der Waals surface area contributed by atoms with Crippen LogP contribution in [0, 0.1) is 0 Å². The van der Waals surface area contributed by atoms with Crippen LogP contribution in [0.3, 0.4) is 0 Å². The molecule has 0 aliphatic carbocycles. The average Bonchev–Trinajstić information content (AvgIpc) is 2.69. The Morgan fingerprint density at radius 1 is 1.44 bits per heavy atom. The molecular weight excluding hydrogens is 248 g/mol. The fraction of sp³-hybridized carbons (Fsp3) is 0.308. The van der Waals surface area contributed by atoms with Crippen LogP contribution in [0.5, 0.6) is 0 Å². The molecule has 18 heavy (non-hydrogen) atoms. The van der Waals surface area contributed by atoms with Gasteiger partial charge in [0.2, 0.25) is 0 Å². The molecule has 1 heterocycles. The molecule has 2 rings (SSSR count). The van der Waals surface area contributed by atoms with Gasteiger partial charge in [-0.25, -0.2) is 0 Å². The molecule has 0 saturated carbocycles. The summed E-state index contributed by atoms with van der Waals surface area (Å²) in [5.74, 6) is -0.404. The maximum Gasteiger partial charge on any atom is 0.256 e. The predicted octanol–water partition coefficient (Wildman–Crippen LogP) is 1.44. The van der Waals surface area contributed by atoms with Crippen molar-refractivity contribution in [2.45, 2.75) is 12.3 Å². The third-order valence-electron chi connectivity index (χ3n) is 2.92. The van der Waals surface area contributed by atoms with Crippen LogP contribution in [0.1, 0.15) is 17.9 Å². The van der Waals surface area contributed by atoms with Crippen LogP contribution in [0.4, 0.5) is 0 Å². The highest BCUT2D eigenvalue weighted by Gasteiger charge is 2.33.